The SMILES string of the molecule is COCC(=O)N1CCc2c(NC(=O)CCl)cccc21. The number of fused-ring (bicyclic) bond motifs is 1. The van der Waals surface area contributed by atoms with E-state index in [4.69, 9.17) is 16.3 Å². The summed E-state index contributed by atoms with van der Waals surface area (Å²) >= 11 is 5.48. The molecule has 2 amide bonds. The fourth-order valence-electron chi connectivity index (χ4n) is 2.20. The van der Waals surface area contributed by atoms with Gasteiger partial charge in [0.05, 0.1) is 0 Å². The molecule has 0 unspecified atom stereocenters. The monoisotopic (exact) mass is 282 g/mol. The lowest BCUT2D eigenvalue weighted by atomic mass is 10.1. The third kappa shape index (κ3) is 2.88. The van der Waals surface area contributed by atoms with Crippen LogP contribution in [0.2, 0.25) is 0 Å². The Balaban J connectivity index is 2.25. The summed E-state index contributed by atoms with van der Waals surface area (Å²) in [5, 5.41) is 2.74. The number of nitrogens with zero attached hydrogens (tertiary/aromatic N) is 1. The summed E-state index contributed by atoms with van der Waals surface area (Å²) in [4.78, 5) is 24.9. The maximum Gasteiger partial charge on any atom is 0.252 e. The van der Waals surface area contributed by atoms with Gasteiger partial charge in [0.2, 0.25) is 5.91 Å². The standard InChI is InChI=1S/C13H15ClN2O3/c1-19-8-13(18)16-6-5-9-10(15-12(17)7-14)3-2-4-11(9)16/h2-4H,5-8H2,1H3,(H,15,17). The van der Waals surface area contributed by atoms with Gasteiger partial charge in [-0.1, -0.05) is 6.07 Å². The molecule has 0 spiro atoms. The lowest BCUT2D eigenvalue weighted by molar-refractivity contribution is -0.122. The van der Waals surface area contributed by atoms with E-state index < -0.39 is 0 Å². The zero-order chi connectivity index (χ0) is 13.8. The molecule has 1 aromatic rings. The lowest BCUT2D eigenvalue weighted by Gasteiger charge is -2.17. The van der Waals surface area contributed by atoms with Crippen LogP contribution in [0.4, 0.5) is 11.4 Å². The molecule has 2 rings (SSSR count). The van der Waals surface area contributed by atoms with Crippen molar-refractivity contribution in [3.8, 4) is 0 Å². The first-order valence-corrected chi connectivity index (χ1v) is 6.48. The number of hydrogen-bond donors (Lipinski definition) is 1. The Morgan fingerprint density at radius 1 is 1.47 bits per heavy atom. The Kier molecular flexibility index (Phi) is 4.39. The van der Waals surface area contributed by atoms with E-state index in [1.807, 2.05) is 12.1 Å². The number of halogens is 1. The highest BCUT2D eigenvalue weighted by Gasteiger charge is 2.26. The van der Waals surface area contributed by atoms with Crippen molar-refractivity contribution in [2.45, 2.75) is 6.42 Å². The van der Waals surface area contributed by atoms with Gasteiger partial charge in [-0.05, 0) is 18.6 Å². The van der Waals surface area contributed by atoms with Crippen LogP contribution in [0, 0.1) is 0 Å². The fourth-order valence-corrected chi connectivity index (χ4v) is 2.26. The number of rotatable bonds is 4. The number of benzene rings is 1. The highest BCUT2D eigenvalue weighted by molar-refractivity contribution is 6.29. The van der Waals surface area contributed by atoms with E-state index in [9.17, 15) is 9.59 Å². The number of amides is 2. The second-order valence-electron chi connectivity index (χ2n) is 4.21. The minimum atomic E-state index is -0.253. The van der Waals surface area contributed by atoms with E-state index in [0.29, 0.717) is 13.0 Å². The van der Waals surface area contributed by atoms with Crippen LogP contribution in [-0.2, 0) is 20.7 Å². The highest BCUT2D eigenvalue weighted by atomic mass is 35.5. The van der Waals surface area contributed by atoms with Crippen LogP contribution in [-0.4, -0.2) is 38.0 Å². The van der Waals surface area contributed by atoms with E-state index in [0.717, 1.165) is 16.9 Å². The number of carbonyl (C=O) groups excluding carboxylic acids is 2. The van der Waals surface area contributed by atoms with E-state index in [2.05, 4.69) is 5.32 Å². The third-order valence-electron chi connectivity index (χ3n) is 2.99. The van der Waals surface area contributed by atoms with E-state index in [-0.39, 0.29) is 24.3 Å². The minimum Gasteiger partial charge on any atom is -0.375 e. The molecular weight excluding hydrogens is 268 g/mol. The Labute approximate surface area is 116 Å². The summed E-state index contributed by atoms with van der Waals surface area (Å²) in [5.41, 5.74) is 2.51. The Hall–Kier alpha value is -1.59. The number of anilines is 2. The van der Waals surface area contributed by atoms with Gasteiger partial charge in [-0.15, -0.1) is 11.6 Å². The number of carbonyl (C=O) groups is 2. The van der Waals surface area contributed by atoms with Crippen molar-refractivity contribution in [3.63, 3.8) is 0 Å². The van der Waals surface area contributed by atoms with Crippen molar-refractivity contribution >= 4 is 34.8 Å². The van der Waals surface area contributed by atoms with Crippen LogP contribution in [0.5, 0.6) is 0 Å². The molecule has 5 nitrogen and oxygen atoms in total. The van der Waals surface area contributed by atoms with Gasteiger partial charge < -0.3 is 15.0 Å². The molecule has 19 heavy (non-hydrogen) atoms. The van der Waals surface area contributed by atoms with Gasteiger partial charge >= 0.3 is 0 Å². The minimum absolute atomic E-state index is 0.0533. The van der Waals surface area contributed by atoms with Crippen molar-refractivity contribution < 1.29 is 14.3 Å². The van der Waals surface area contributed by atoms with Crippen molar-refractivity contribution in [1.82, 2.24) is 0 Å². The summed E-state index contributed by atoms with van der Waals surface area (Å²) < 4.78 is 4.86. The topological polar surface area (TPSA) is 58.6 Å². The molecule has 0 fully saturated rings. The summed E-state index contributed by atoms with van der Waals surface area (Å²) in [6.45, 7) is 0.656. The molecule has 0 bridgehead atoms. The van der Waals surface area contributed by atoms with Crippen molar-refractivity contribution in [1.29, 1.82) is 0 Å². The number of methoxy groups -OCH3 is 1. The molecule has 6 heteroatoms. The zero-order valence-electron chi connectivity index (χ0n) is 10.6. The van der Waals surface area contributed by atoms with Gasteiger partial charge in [-0.3, -0.25) is 9.59 Å². The van der Waals surface area contributed by atoms with Gasteiger partial charge in [0.15, 0.2) is 0 Å². The number of hydrogen-bond acceptors (Lipinski definition) is 3. The molecule has 1 aliphatic rings. The second kappa shape index (κ2) is 6.04. The maximum absolute atomic E-state index is 11.9. The summed E-state index contributed by atoms with van der Waals surface area (Å²) in [6, 6.07) is 5.49. The molecule has 102 valence electrons. The average molecular weight is 283 g/mol. The molecular formula is C13H15ClN2O3. The van der Waals surface area contributed by atoms with Crippen LogP contribution in [0.25, 0.3) is 0 Å². The highest BCUT2D eigenvalue weighted by Crippen LogP contribution is 2.33. The number of ether oxygens (including phenoxy) is 1. The van der Waals surface area contributed by atoms with E-state index in [1.54, 1.807) is 11.0 Å². The largest absolute Gasteiger partial charge is 0.375 e. The predicted molar refractivity (Wildman–Crippen MR) is 73.7 cm³/mol. The van der Waals surface area contributed by atoms with Crippen LogP contribution >= 0.6 is 11.6 Å². The molecule has 0 atom stereocenters. The lowest BCUT2D eigenvalue weighted by Crippen LogP contribution is -2.31. The molecule has 0 radical (unpaired) electrons. The van der Waals surface area contributed by atoms with Gasteiger partial charge in [0.1, 0.15) is 12.5 Å². The van der Waals surface area contributed by atoms with Crippen molar-refractivity contribution in [2.75, 3.05) is 36.4 Å². The van der Waals surface area contributed by atoms with Crippen LogP contribution < -0.4 is 10.2 Å². The van der Waals surface area contributed by atoms with E-state index >= 15 is 0 Å². The first-order valence-electron chi connectivity index (χ1n) is 5.94. The number of nitrogens with one attached hydrogen (secondary N) is 1. The van der Waals surface area contributed by atoms with Gasteiger partial charge in [0.25, 0.3) is 5.91 Å². The predicted octanol–water partition coefficient (Wildman–Crippen LogP) is 1.40. The molecule has 1 N–H and O–H groups in total. The Morgan fingerprint density at radius 2 is 2.26 bits per heavy atom. The van der Waals surface area contributed by atoms with Gasteiger partial charge in [-0.25, -0.2) is 0 Å². The molecule has 0 aromatic heterocycles. The molecule has 0 aliphatic carbocycles. The Morgan fingerprint density at radius 3 is 2.95 bits per heavy atom. The van der Waals surface area contributed by atoms with Crippen molar-refractivity contribution in [3.05, 3.63) is 23.8 Å². The average Bonchev–Trinajstić information content (AvgIpc) is 2.84. The molecule has 0 saturated heterocycles. The molecule has 0 saturated carbocycles. The molecule has 1 heterocycles. The normalized spacial score (nSPS) is 13.3. The van der Waals surface area contributed by atoms with E-state index in [1.165, 1.54) is 7.11 Å². The quantitative estimate of drug-likeness (QED) is 0.849. The van der Waals surface area contributed by atoms with Crippen molar-refractivity contribution in [2.24, 2.45) is 0 Å². The number of alkyl halides is 1. The van der Waals surface area contributed by atoms with Gasteiger partial charge in [0, 0.05) is 30.6 Å². The fraction of sp³-hybridized carbons (Fsp3) is 0.385. The summed E-state index contributed by atoms with van der Waals surface area (Å²) in [6.07, 6.45) is 0.712. The molecule has 1 aromatic carbocycles. The summed E-state index contributed by atoms with van der Waals surface area (Å²) in [7, 11) is 1.49. The first-order chi connectivity index (χ1) is 9.17. The van der Waals surface area contributed by atoms with Crippen LogP contribution in [0.3, 0.4) is 0 Å². The second-order valence-corrected chi connectivity index (χ2v) is 4.48. The first kappa shape index (κ1) is 13.8. The third-order valence-corrected chi connectivity index (χ3v) is 3.23. The molecule has 1 aliphatic heterocycles. The maximum atomic E-state index is 11.9. The van der Waals surface area contributed by atoms with Gasteiger partial charge in [-0.2, -0.15) is 0 Å². The smallest absolute Gasteiger partial charge is 0.252 e. The van der Waals surface area contributed by atoms with Crippen LogP contribution in [0.15, 0.2) is 18.2 Å². The van der Waals surface area contributed by atoms with Crippen LogP contribution in [0.1, 0.15) is 5.56 Å². The zero-order valence-corrected chi connectivity index (χ0v) is 11.4. The summed E-state index contributed by atoms with van der Waals surface area (Å²) in [5.74, 6) is -0.422. The Bertz CT molecular complexity index is 505.